The topological polar surface area (TPSA) is 66.2 Å². The Kier molecular flexibility index (Phi) is 3.74. The molecule has 0 spiro atoms. The van der Waals surface area contributed by atoms with E-state index in [1.807, 2.05) is 4.68 Å². The van der Waals surface area contributed by atoms with E-state index in [0.29, 0.717) is 12.5 Å². The van der Waals surface area contributed by atoms with Crippen molar-refractivity contribution in [2.75, 3.05) is 14.2 Å². The van der Waals surface area contributed by atoms with Gasteiger partial charge in [0.2, 0.25) is 0 Å². The monoisotopic (exact) mass is 279 g/mol. The molecule has 2 aliphatic carbocycles. The maximum Gasteiger partial charge on any atom is 0.360 e. The molecule has 6 heteroatoms. The van der Waals surface area contributed by atoms with Crippen LogP contribution in [0.25, 0.3) is 0 Å². The van der Waals surface area contributed by atoms with Crippen LogP contribution in [0, 0.1) is 17.8 Å². The predicted octanol–water partition coefficient (Wildman–Crippen LogP) is 1.65. The lowest BCUT2D eigenvalue weighted by molar-refractivity contribution is 0.0588. The van der Waals surface area contributed by atoms with Gasteiger partial charge < -0.3 is 9.47 Å². The highest BCUT2D eigenvalue weighted by molar-refractivity contribution is 5.88. The molecule has 2 aliphatic rings. The largest absolute Gasteiger partial charge is 0.464 e. The molecule has 0 amide bonds. The zero-order valence-corrected chi connectivity index (χ0v) is 12.0. The third-order valence-electron chi connectivity index (χ3n) is 4.79. The van der Waals surface area contributed by atoms with Crippen LogP contribution in [0.15, 0.2) is 0 Å². The highest BCUT2D eigenvalue weighted by Gasteiger charge is 2.40. The van der Waals surface area contributed by atoms with E-state index in [1.165, 1.54) is 32.8 Å². The van der Waals surface area contributed by atoms with Gasteiger partial charge in [-0.25, -0.2) is 9.48 Å². The summed E-state index contributed by atoms with van der Waals surface area (Å²) in [7, 11) is 2.96. The van der Waals surface area contributed by atoms with Crippen LogP contribution in [-0.4, -0.2) is 35.2 Å². The lowest BCUT2D eigenvalue weighted by atomic mass is 9.89. The molecule has 0 radical (unpaired) electrons. The van der Waals surface area contributed by atoms with Gasteiger partial charge in [0.25, 0.3) is 0 Å². The number of fused-ring (bicyclic) bond motifs is 2. The summed E-state index contributed by atoms with van der Waals surface area (Å²) in [5.74, 6) is 1.94. The molecule has 1 heterocycles. The third-order valence-corrected chi connectivity index (χ3v) is 4.79. The fourth-order valence-corrected chi connectivity index (χ4v) is 3.84. The van der Waals surface area contributed by atoms with E-state index in [9.17, 15) is 4.79 Å². The predicted molar refractivity (Wildman–Crippen MR) is 71.0 cm³/mol. The van der Waals surface area contributed by atoms with E-state index in [2.05, 4.69) is 10.3 Å². The SMILES string of the molecule is COCc1c(C(=O)OC)nnn1CC1CC2CCC1C2. The normalized spacial score (nSPS) is 28.0. The Morgan fingerprint density at radius 1 is 1.35 bits per heavy atom. The van der Waals surface area contributed by atoms with Gasteiger partial charge in [-0.15, -0.1) is 5.10 Å². The molecule has 2 bridgehead atoms. The molecule has 1 aromatic rings. The molecule has 3 rings (SSSR count). The van der Waals surface area contributed by atoms with E-state index in [-0.39, 0.29) is 5.69 Å². The van der Waals surface area contributed by atoms with Gasteiger partial charge in [-0.1, -0.05) is 11.6 Å². The summed E-state index contributed by atoms with van der Waals surface area (Å²) in [6.45, 7) is 1.17. The highest BCUT2D eigenvalue weighted by Crippen LogP contribution is 2.48. The minimum absolute atomic E-state index is 0.275. The maximum absolute atomic E-state index is 11.7. The first-order chi connectivity index (χ1) is 9.72. The summed E-state index contributed by atoms with van der Waals surface area (Å²) in [5, 5.41) is 8.10. The van der Waals surface area contributed by atoms with E-state index >= 15 is 0 Å². The Hall–Kier alpha value is -1.43. The highest BCUT2D eigenvalue weighted by atomic mass is 16.5. The maximum atomic E-state index is 11.7. The standard InChI is InChI=1S/C14H21N3O3/c1-19-8-12-13(14(18)20-2)15-16-17(12)7-11-6-9-3-4-10(11)5-9/h9-11H,3-8H2,1-2H3. The van der Waals surface area contributed by atoms with Crippen LogP contribution in [0.1, 0.15) is 41.9 Å². The van der Waals surface area contributed by atoms with Crippen LogP contribution < -0.4 is 0 Å². The Morgan fingerprint density at radius 2 is 2.20 bits per heavy atom. The van der Waals surface area contributed by atoms with Crippen molar-refractivity contribution in [3.05, 3.63) is 11.4 Å². The lowest BCUT2D eigenvalue weighted by Crippen LogP contribution is -2.20. The van der Waals surface area contributed by atoms with E-state index in [1.54, 1.807) is 7.11 Å². The Balaban J connectivity index is 1.78. The molecule has 0 aromatic carbocycles. The van der Waals surface area contributed by atoms with Crippen LogP contribution >= 0.6 is 0 Å². The number of carbonyl (C=O) groups is 1. The summed E-state index contributed by atoms with van der Waals surface area (Å²) in [4.78, 5) is 11.7. The van der Waals surface area contributed by atoms with E-state index < -0.39 is 5.97 Å². The average molecular weight is 279 g/mol. The van der Waals surface area contributed by atoms with Gasteiger partial charge in [0.1, 0.15) is 0 Å². The molecule has 0 aliphatic heterocycles. The number of hydrogen-bond acceptors (Lipinski definition) is 5. The van der Waals surface area contributed by atoms with Gasteiger partial charge >= 0.3 is 5.97 Å². The Morgan fingerprint density at radius 3 is 2.80 bits per heavy atom. The fraction of sp³-hybridized carbons (Fsp3) is 0.786. The van der Waals surface area contributed by atoms with Gasteiger partial charge in [0.15, 0.2) is 5.69 Å². The van der Waals surface area contributed by atoms with Crippen molar-refractivity contribution in [2.24, 2.45) is 17.8 Å². The van der Waals surface area contributed by atoms with Gasteiger partial charge in [-0.05, 0) is 37.0 Å². The van der Waals surface area contributed by atoms with Crippen molar-refractivity contribution in [1.29, 1.82) is 0 Å². The van der Waals surface area contributed by atoms with Gasteiger partial charge in [0.05, 0.1) is 19.4 Å². The molecule has 110 valence electrons. The molecular weight excluding hydrogens is 258 g/mol. The Bertz CT molecular complexity index is 500. The van der Waals surface area contributed by atoms with Crippen LogP contribution in [-0.2, 0) is 22.6 Å². The van der Waals surface area contributed by atoms with Crippen LogP contribution in [0.2, 0.25) is 0 Å². The second-order valence-corrected chi connectivity index (χ2v) is 5.93. The van der Waals surface area contributed by atoms with Crippen molar-refractivity contribution >= 4 is 5.97 Å². The zero-order chi connectivity index (χ0) is 14.1. The molecule has 0 N–H and O–H groups in total. The molecule has 20 heavy (non-hydrogen) atoms. The molecule has 2 saturated carbocycles. The van der Waals surface area contributed by atoms with E-state index in [4.69, 9.17) is 9.47 Å². The Labute approximate surface area is 118 Å². The average Bonchev–Trinajstić information content (AvgIpc) is 3.15. The molecular formula is C14H21N3O3. The summed E-state index contributed by atoms with van der Waals surface area (Å²) < 4.78 is 11.8. The second kappa shape index (κ2) is 5.52. The van der Waals surface area contributed by atoms with E-state index in [0.717, 1.165) is 24.1 Å². The van der Waals surface area contributed by atoms with Crippen molar-refractivity contribution in [3.63, 3.8) is 0 Å². The van der Waals surface area contributed by atoms with Gasteiger partial charge in [-0.3, -0.25) is 0 Å². The fourth-order valence-electron chi connectivity index (χ4n) is 3.84. The van der Waals surface area contributed by atoms with Crippen molar-refractivity contribution < 1.29 is 14.3 Å². The molecule has 1 aromatic heterocycles. The minimum atomic E-state index is -0.448. The summed E-state index contributed by atoms with van der Waals surface area (Å²) in [6.07, 6.45) is 5.37. The first-order valence-electron chi connectivity index (χ1n) is 7.22. The number of hydrogen-bond donors (Lipinski definition) is 0. The van der Waals surface area contributed by atoms with Crippen LogP contribution in [0.3, 0.4) is 0 Å². The minimum Gasteiger partial charge on any atom is -0.464 e. The molecule has 0 saturated heterocycles. The number of methoxy groups -OCH3 is 2. The zero-order valence-electron chi connectivity index (χ0n) is 12.0. The van der Waals surface area contributed by atoms with Gasteiger partial charge in [0, 0.05) is 13.7 Å². The van der Waals surface area contributed by atoms with Gasteiger partial charge in [-0.2, -0.15) is 0 Å². The first kappa shape index (κ1) is 13.5. The molecule has 3 atom stereocenters. The van der Waals surface area contributed by atoms with Crippen molar-refractivity contribution in [3.8, 4) is 0 Å². The third kappa shape index (κ3) is 2.32. The van der Waals surface area contributed by atoms with Crippen molar-refractivity contribution in [1.82, 2.24) is 15.0 Å². The smallest absolute Gasteiger partial charge is 0.360 e. The molecule has 2 fully saturated rings. The molecule has 6 nitrogen and oxygen atoms in total. The number of esters is 1. The number of nitrogens with zero attached hydrogens (tertiary/aromatic N) is 3. The molecule has 3 unspecified atom stereocenters. The number of ether oxygens (including phenoxy) is 2. The quantitative estimate of drug-likeness (QED) is 0.767. The summed E-state index contributed by atoms with van der Waals surface area (Å²) in [5.41, 5.74) is 1.000. The first-order valence-corrected chi connectivity index (χ1v) is 7.22. The second-order valence-electron chi connectivity index (χ2n) is 5.93. The summed E-state index contributed by atoms with van der Waals surface area (Å²) in [6, 6.07) is 0. The lowest BCUT2D eigenvalue weighted by Gasteiger charge is -2.22. The van der Waals surface area contributed by atoms with Crippen LogP contribution in [0.5, 0.6) is 0 Å². The number of aromatic nitrogens is 3. The van der Waals surface area contributed by atoms with Crippen LogP contribution in [0.4, 0.5) is 0 Å². The number of rotatable bonds is 5. The number of carbonyl (C=O) groups excluding carboxylic acids is 1. The van der Waals surface area contributed by atoms with Crippen molar-refractivity contribution in [2.45, 2.75) is 38.8 Å². The summed E-state index contributed by atoms with van der Waals surface area (Å²) >= 11 is 0.